The molecule has 1 spiro atoms. The summed E-state index contributed by atoms with van der Waals surface area (Å²) in [6, 6.07) is 12.6. The number of hydrogen-bond acceptors (Lipinski definition) is 9. The topological polar surface area (TPSA) is 113 Å². The predicted octanol–water partition coefficient (Wildman–Crippen LogP) is 3.79. The van der Waals surface area contributed by atoms with Gasteiger partial charge in [-0.25, -0.2) is 0 Å². The van der Waals surface area contributed by atoms with E-state index in [4.69, 9.17) is 23.7 Å². The first-order valence-electron chi connectivity index (χ1n) is 14.5. The van der Waals surface area contributed by atoms with Crippen molar-refractivity contribution in [2.24, 2.45) is 0 Å². The molecule has 11 nitrogen and oxygen atoms in total. The lowest BCUT2D eigenvalue weighted by atomic mass is 9.76. The number of benzene rings is 2. The molecule has 0 radical (unpaired) electrons. The van der Waals surface area contributed by atoms with E-state index >= 15 is 0 Å². The zero-order valence-electron chi connectivity index (χ0n) is 24.3. The van der Waals surface area contributed by atoms with Gasteiger partial charge in [-0.3, -0.25) is 14.9 Å². The average molecular weight is 582 g/mol. The van der Waals surface area contributed by atoms with Gasteiger partial charge in [0.2, 0.25) is 11.6 Å². The summed E-state index contributed by atoms with van der Waals surface area (Å²) in [6.07, 6.45) is 4.48. The van der Waals surface area contributed by atoms with E-state index in [9.17, 15) is 14.9 Å². The van der Waals surface area contributed by atoms with Gasteiger partial charge in [-0.05, 0) is 50.1 Å². The number of para-hydroxylation sites is 1. The molecule has 0 bridgehead atoms. The van der Waals surface area contributed by atoms with Crippen molar-refractivity contribution in [1.82, 2.24) is 4.90 Å². The number of rotatable bonds is 3. The van der Waals surface area contributed by atoms with Crippen molar-refractivity contribution >= 4 is 23.4 Å². The van der Waals surface area contributed by atoms with Gasteiger partial charge >= 0.3 is 0 Å². The molecule has 42 heavy (non-hydrogen) atoms. The smallest absolute Gasteiger partial charge is 0.270 e. The van der Waals surface area contributed by atoms with Gasteiger partial charge in [-0.2, -0.15) is 0 Å². The zero-order valence-corrected chi connectivity index (χ0v) is 24.3. The lowest BCUT2D eigenvalue weighted by Gasteiger charge is -2.47. The molecule has 3 aliphatic heterocycles. The van der Waals surface area contributed by atoms with E-state index < -0.39 is 16.1 Å². The summed E-state index contributed by atoms with van der Waals surface area (Å²) in [6.45, 7) is 9.06. The van der Waals surface area contributed by atoms with Crippen LogP contribution in [0.3, 0.4) is 0 Å². The average Bonchev–Trinajstić information content (AvgIpc) is 3.15. The number of carbonyl (C=O) groups excluding carboxylic acids is 1. The number of nitro groups is 1. The van der Waals surface area contributed by atoms with Gasteiger partial charge in [0, 0.05) is 43.1 Å². The van der Waals surface area contributed by atoms with Crippen LogP contribution in [0.5, 0.6) is 5.75 Å². The number of fused-ring (bicyclic) bond motifs is 2. The van der Waals surface area contributed by atoms with Crippen molar-refractivity contribution in [3.8, 4) is 5.75 Å². The fraction of sp³-hybridized carbons (Fsp3) is 0.516. The highest BCUT2D eigenvalue weighted by Crippen LogP contribution is 2.55. The molecule has 11 heteroatoms. The number of anilines is 1. The quantitative estimate of drug-likeness (QED) is 0.395. The fourth-order valence-corrected chi connectivity index (χ4v) is 5.80. The first kappa shape index (κ1) is 30.0. The molecule has 1 atom stereocenters. The minimum atomic E-state index is -1.02. The number of hydrogen-bond donors (Lipinski definition) is 0. The maximum Gasteiger partial charge on any atom is 0.270 e. The van der Waals surface area contributed by atoms with E-state index in [0.29, 0.717) is 83.7 Å². The zero-order chi connectivity index (χ0) is 29.6. The molecule has 2 aromatic rings. The summed E-state index contributed by atoms with van der Waals surface area (Å²) in [7, 11) is 0. The Morgan fingerprint density at radius 3 is 2.29 bits per heavy atom. The van der Waals surface area contributed by atoms with E-state index in [1.165, 1.54) is 12.1 Å². The number of nitrogens with zero attached hydrogens (tertiary/aromatic N) is 3. The van der Waals surface area contributed by atoms with E-state index in [2.05, 4.69) is 19.9 Å². The molecular weight excluding hydrogens is 542 g/mol. The third-order valence-corrected chi connectivity index (χ3v) is 8.11. The van der Waals surface area contributed by atoms with Crippen LogP contribution in [0.15, 0.2) is 48.5 Å². The van der Waals surface area contributed by atoms with Crippen molar-refractivity contribution in [3.05, 3.63) is 69.8 Å². The van der Waals surface area contributed by atoms with Gasteiger partial charge in [-0.1, -0.05) is 18.2 Å². The summed E-state index contributed by atoms with van der Waals surface area (Å²) in [4.78, 5) is 28.8. The van der Waals surface area contributed by atoms with Gasteiger partial charge in [0.05, 0.1) is 56.6 Å². The van der Waals surface area contributed by atoms with E-state index in [-0.39, 0.29) is 18.1 Å². The van der Waals surface area contributed by atoms with Crippen LogP contribution < -0.4 is 9.64 Å². The maximum absolute atomic E-state index is 14.0. The Kier molecular flexibility index (Phi) is 9.42. The molecule has 3 aliphatic rings. The molecule has 1 fully saturated rings. The van der Waals surface area contributed by atoms with Crippen molar-refractivity contribution in [2.75, 3.05) is 77.4 Å². The summed E-state index contributed by atoms with van der Waals surface area (Å²) in [5.74, 6) is 0.473. The predicted molar refractivity (Wildman–Crippen MR) is 157 cm³/mol. The first-order chi connectivity index (χ1) is 20.3. The number of ether oxygens (including phenoxy) is 5. The summed E-state index contributed by atoms with van der Waals surface area (Å²) < 4.78 is 29.2. The van der Waals surface area contributed by atoms with Crippen LogP contribution in [-0.2, 0) is 29.2 Å². The van der Waals surface area contributed by atoms with E-state index in [0.717, 1.165) is 11.3 Å². The Labute approximate surface area is 246 Å². The van der Waals surface area contributed by atoms with E-state index in [1.54, 1.807) is 6.07 Å². The van der Waals surface area contributed by atoms with Crippen molar-refractivity contribution < 1.29 is 33.4 Å². The van der Waals surface area contributed by atoms with Gasteiger partial charge in [0.1, 0.15) is 12.3 Å². The van der Waals surface area contributed by atoms with Gasteiger partial charge in [0.15, 0.2) is 0 Å². The standard InChI is InChI=1S/C31H39N3O8/c1-30(2)26-6-3-4-7-27(26)33(31(30)11-10-24-22-25(34(36)37)8-9-28(24)42-31)23-29(35)32-12-5-14-38-16-18-40-20-21-41-19-17-39-15-13-32/h3-4,6-11,22H,5,12-21,23H2,1-2H3. The molecule has 0 aromatic heterocycles. The van der Waals surface area contributed by atoms with Crippen LogP contribution in [0.2, 0.25) is 0 Å². The molecule has 3 heterocycles. The van der Waals surface area contributed by atoms with Crippen LogP contribution in [0.4, 0.5) is 11.4 Å². The minimum absolute atomic E-state index is 0.00273. The normalized spacial score (nSPS) is 23.2. The molecule has 1 saturated heterocycles. The molecule has 0 aliphatic carbocycles. The van der Waals surface area contributed by atoms with Crippen LogP contribution in [0.1, 0.15) is 31.4 Å². The molecule has 1 amide bonds. The maximum atomic E-state index is 14.0. The number of nitro benzene ring substituents is 1. The van der Waals surface area contributed by atoms with Gasteiger partial charge in [0.25, 0.3) is 5.69 Å². The largest absolute Gasteiger partial charge is 0.463 e. The SMILES string of the molecule is CC1(C)c2ccccc2N(CC(=O)N2CCCOCCOCCOCCOCC2)C12C=Cc1cc([N+](=O)[O-])ccc1O2. The highest BCUT2D eigenvalue weighted by Gasteiger charge is 2.59. The molecule has 1 unspecified atom stereocenters. The van der Waals surface area contributed by atoms with Crippen molar-refractivity contribution in [2.45, 2.75) is 31.4 Å². The van der Waals surface area contributed by atoms with Crippen molar-refractivity contribution in [1.29, 1.82) is 0 Å². The highest BCUT2D eigenvalue weighted by molar-refractivity contribution is 5.85. The number of carbonyl (C=O) groups is 1. The highest BCUT2D eigenvalue weighted by atomic mass is 16.6. The Morgan fingerprint density at radius 1 is 0.905 bits per heavy atom. The van der Waals surface area contributed by atoms with Gasteiger partial charge < -0.3 is 33.5 Å². The van der Waals surface area contributed by atoms with Gasteiger partial charge in [-0.15, -0.1) is 0 Å². The Bertz CT molecular complexity index is 1280. The molecule has 5 rings (SSSR count). The molecule has 226 valence electrons. The Morgan fingerprint density at radius 2 is 1.57 bits per heavy atom. The van der Waals surface area contributed by atoms with Crippen LogP contribution in [0.25, 0.3) is 6.08 Å². The van der Waals surface area contributed by atoms with Crippen LogP contribution in [-0.4, -0.2) is 93.9 Å². The second-order valence-corrected chi connectivity index (χ2v) is 11.0. The molecule has 0 N–H and O–H groups in total. The monoisotopic (exact) mass is 581 g/mol. The summed E-state index contributed by atoms with van der Waals surface area (Å²) in [5, 5.41) is 11.4. The molecular formula is C31H39N3O8. The minimum Gasteiger partial charge on any atom is -0.463 e. The lowest BCUT2D eigenvalue weighted by molar-refractivity contribution is -0.384. The number of non-ortho nitro benzene ring substituents is 1. The second-order valence-electron chi connectivity index (χ2n) is 11.0. The molecule has 2 aromatic carbocycles. The summed E-state index contributed by atoms with van der Waals surface area (Å²) in [5.41, 5.74) is 1.02. The lowest BCUT2D eigenvalue weighted by Crippen LogP contribution is -2.61. The van der Waals surface area contributed by atoms with Crippen LogP contribution in [0, 0.1) is 10.1 Å². The first-order valence-corrected chi connectivity index (χ1v) is 14.5. The van der Waals surface area contributed by atoms with Crippen molar-refractivity contribution in [3.63, 3.8) is 0 Å². The second kappa shape index (κ2) is 13.2. The Hall–Kier alpha value is -3.51. The van der Waals surface area contributed by atoms with Crippen LogP contribution >= 0.6 is 0 Å². The Balaban J connectivity index is 1.38. The summed E-state index contributed by atoms with van der Waals surface area (Å²) >= 11 is 0. The molecule has 0 saturated carbocycles. The third kappa shape index (κ3) is 6.14. The third-order valence-electron chi connectivity index (χ3n) is 8.11. The number of amides is 1. The fourth-order valence-electron chi connectivity index (χ4n) is 5.80. The van der Waals surface area contributed by atoms with E-state index in [1.807, 2.05) is 40.2 Å².